The Balaban J connectivity index is 2.02. The molecule has 0 aromatic rings. The van der Waals surface area contributed by atoms with Crippen LogP contribution in [0.5, 0.6) is 0 Å². The highest BCUT2D eigenvalue weighted by Crippen LogP contribution is 2.40. The standard InChI is InChI=1S/C42H70O6Si2/c1-31-25-26-44-35(28-31)23-24-39(48-50(12,13)42(7,8)9)38-21-15-20-37(47-49(10,11)41(4,5)6)30-33(3)27-32(2)29-36-19-14-17-34(45-36)18-16-22-40(43)46-38/h14-17,20,22-25,32,34-39H,3,18-19,21,26-30H2,1-2,4-13H3/b20-15+,22-16-,24-23+/t32-,34-,35+,36-,37-,38-,39-/m0/s1. The van der Waals surface area contributed by atoms with Crippen LogP contribution in [0.2, 0.25) is 36.3 Å². The van der Waals surface area contributed by atoms with E-state index in [0.29, 0.717) is 25.4 Å². The van der Waals surface area contributed by atoms with Crippen molar-refractivity contribution in [3.05, 3.63) is 72.4 Å². The maximum absolute atomic E-state index is 13.5. The van der Waals surface area contributed by atoms with Crippen LogP contribution in [0.4, 0.5) is 0 Å². The predicted octanol–water partition coefficient (Wildman–Crippen LogP) is 11.0. The summed E-state index contributed by atoms with van der Waals surface area (Å²) in [7, 11) is -4.36. The summed E-state index contributed by atoms with van der Waals surface area (Å²) in [5.41, 5.74) is 2.51. The summed E-state index contributed by atoms with van der Waals surface area (Å²) in [6.07, 6.45) is 22.9. The number of carbonyl (C=O) groups excluding carboxylic acids is 1. The van der Waals surface area contributed by atoms with Gasteiger partial charge in [-0.1, -0.05) is 115 Å². The largest absolute Gasteiger partial charge is 0.456 e. The van der Waals surface area contributed by atoms with E-state index in [0.717, 1.165) is 32.1 Å². The normalized spacial score (nSPS) is 30.6. The van der Waals surface area contributed by atoms with Gasteiger partial charge in [0.1, 0.15) is 12.2 Å². The summed E-state index contributed by atoms with van der Waals surface area (Å²) >= 11 is 0. The molecule has 0 fully saturated rings. The van der Waals surface area contributed by atoms with E-state index >= 15 is 0 Å². The number of fused-ring (bicyclic) bond motifs is 2. The SMILES string of the molecule is C=C1C[C@H](C)C[C@@H]2CC=C[C@@H](C/C=C\C(=O)O[C@H]([C@H](/C=C/[C@@H]3CC(C)=CCO3)O[Si](C)(C)C(C)(C)C)C/C=C/[C@H](O[Si](C)(C)C(C)(C)C)C1)O2. The first-order valence-electron chi connectivity index (χ1n) is 19.0. The Labute approximate surface area is 307 Å². The van der Waals surface area contributed by atoms with Crippen LogP contribution in [0.25, 0.3) is 0 Å². The Morgan fingerprint density at radius 3 is 2.26 bits per heavy atom. The Kier molecular flexibility index (Phi) is 15.6. The molecule has 3 rings (SSSR count). The van der Waals surface area contributed by atoms with Crippen molar-refractivity contribution in [2.75, 3.05) is 6.61 Å². The molecule has 0 spiro atoms. The second kappa shape index (κ2) is 18.3. The van der Waals surface area contributed by atoms with Gasteiger partial charge < -0.3 is 23.1 Å². The van der Waals surface area contributed by atoms with E-state index in [1.54, 1.807) is 6.08 Å². The number of hydrogen-bond acceptors (Lipinski definition) is 6. The third kappa shape index (κ3) is 13.6. The second-order valence-electron chi connectivity index (χ2n) is 18.0. The summed E-state index contributed by atoms with van der Waals surface area (Å²) in [6.45, 7) is 32.2. The molecule has 3 aliphatic rings. The van der Waals surface area contributed by atoms with E-state index in [1.807, 2.05) is 6.08 Å². The number of cyclic esters (lactones) is 1. The fourth-order valence-electron chi connectivity index (χ4n) is 6.10. The van der Waals surface area contributed by atoms with Crippen molar-refractivity contribution in [1.29, 1.82) is 0 Å². The number of rotatable bonds is 7. The molecule has 0 unspecified atom stereocenters. The Morgan fingerprint density at radius 2 is 1.60 bits per heavy atom. The summed E-state index contributed by atoms with van der Waals surface area (Å²) < 4.78 is 32.9. The van der Waals surface area contributed by atoms with Gasteiger partial charge in [0.15, 0.2) is 16.6 Å². The smallest absolute Gasteiger partial charge is 0.330 e. The topological polar surface area (TPSA) is 63.2 Å². The lowest BCUT2D eigenvalue weighted by atomic mass is 9.91. The van der Waals surface area contributed by atoms with Crippen molar-refractivity contribution in [3.63, 3.8) is 0 Å². The van der Waals surface area contributed by atoms with E-state index in [2.05, 4.69) is 131 Å². The van der Waals surface area contributed by atoms with Crippen molar-refractivity contribution in [3.8, 4) is 0 Å². The van der Waals surface area contributed by atoms with Gasteiger partial charge in [-0.2, -0.15) is 0 Å². The van der Waals surface area contributed by atoms with E-state index < -0.39 is 28.8 Å². The Morgan fingerprint density at radius 1 is 0.920 bits per heavy atom. The highest BCUT2D eigenvalue weighted by atomic mass is 28.4. The van der Waals surface area contributed by atoms with Crippen molar-refractivity contribution in [2.24, 2.45) is 5.92 Å². The fourth-order valence-corrected chi connectivity index (χ4v) is 8.64. The van der Waals surface area contributed by atoms with Gasteiger partial charge in [-0.15, -0.1) is 0 Å². The average Bonchev–Trinajstić information content (AvgIpc) is 2.97. The van der Waals surface area contributed by atoms with Gasteiger partial charge in [0.2, 0.25) is 0 Å². The summed E-state index contributed by atoms with van der Waals surface area (Å²) in [6, 6.07) is 0. The van der Waals surface area contributed by atoms with Crippen LogP contribution in [0.15, 0.2) is 72.4 Å². The zero-order valence-electron chi connectivity index (χ0n) is 33.6. The van der Waals surface area contributed by atoms with Crippen LogP contribution >= 0.6 is 0 Å². The van der Waals surface area contributed by atoms with E-state index in [-0.39, 0.29) is 40.5 Å². The third-order valence-electron chi connectivity index (χ3n) is 11.2. The number of hydrogen-bond donors (Lipinski definition) is 0. The van der Waals surface area contributed by atoms with E-state index in [9.17, 15) is 4.79 Å². The maximum atomic E-state index is 13.5. The summed E-state index contributed by atoms with van der Waals surface area (Å²) in [5, 5.41) is 0.0376. The molecule has 282 valence electrons. The zero-order valence-corrected chi connectivity index (χ0v) is 35.6. The molecule has 6 nitrogen and oxygen atoms in total. The molecule has 2 bridgehead atoms. The fraction of sp³-hybridized carbons (Fsp3) is 0.690. The van der Waals surface area contributed by atoms with Crippen molar-refractivity contribution in [1.82, 2.24) is 0 Å². The van der Waals surface area contributed by atoms with E-state index in [1.165, 1.54) is 11.1 Å². The summed E-state index contributed by atoms with van der Waals surface area (Å²) in [4.78, 5) is 13.5. The van der Waals surface area contributed by atoms with Gasteiger partial charge in [-0.3, -0.25) is 0 Å². The van der Waals surface area contributed by atoms with Crippen molar-refractivity contribution >= 4 is 22.6 Å². The first kappa shape index (κ1) is 42.6. The lowest BCUT2D eigenvalue weighted by Crippen LogP contribution is -2.47. The molecule has 3 heterocycles. The van der Waals surface area contributed by atoms with Gasteiger partial charge in [0.05, 0.1) is 31.0 Å². The number of esters is 1. The number of carbonyl (C=O) groups is 1. The molecular weight excluding hydrogens is 657 g/mol. The molecular formula is C42H70O6Si2. The minimum Gasteiger partial charge on any atom is -0.456 e. The highest BCUT2D eigenvalue weighted by Gasteiger charge is 2.41. The van der Waals surface area contributed by atoms with Crippen LogP contribution in [0, 0.1) is 5.92 Å². The van der Waals surface area contributed by atoms with Crippen LogP contribution < -0.4 is 0 Å². The zero-order chi connectivity index (χ0) is 37.3. The molecule has 50 heavy (non-hydrogen) atoms. The molecule has 7 atom stereocenters. The molecule has 3 aliphatic heterocycles. The van der Waals surface area contributed by atoms with Crippen LogP contribution in [-0.4, -0.2) is 65.8 Å². The number of ether oxygens (including phenoxy) is 3. The van der Waals surface area contributed by atoms with Crippen molar-refractivity contribution in [2.45, 2.75) is 173 Å². The predicted molar refractivity (Wildman–Crippen MR) is 213 cm³/mol. The maximum Gasteiger partial charge on any atom is 0.330 e. The van der Waals surface area contributed by atoms with Gasteiger partial charge in [-0.25, -0.2) is 4.79 Å². The molecule has 0 aromatic carbocycles. The molecule has 0 N–H and O–H groups in total. The van der Waals surface area contributed by atoms with Gasteiger partial charge in [0, 0.05) is 12.5 Å². The molecule has 0 saturated carbocycles. The minimum atomic E-state index is -2.27. The molecule has 0 radical (unpaired) electrons. The van der Waals surface area contributed by atoms with Gasteiger partial charge >= 0.3 is 5.97 Å². The highest BCUT2D eigenvalue weighted by molar-refractivity contribution is 6.74. The Hall–Kier alpha value is -1.82. The van der Waals surface area contributed by atoms with Crippen LogP contribution in [-0.2, 0) is 27.9 Å². The second-order valence-corrected chi connectivity index (χ2v) is 27.5. The summed E-state index contributed by atoms with van der Waals surface area (Å²) in [5.74, 6) is 0.0697. The molecule has 0 aliphatic carbocycles. The van der Waals surface area contributed by atoms with Gasteiger partial charge in [0.25, 0.3) is 0 Å². The molecule has 0 amide bonds. The average molecular weight is 727 g/mol. The molecule has 8 heteroatoms. The van der Waals surface area contributed by atoms with Gasteiger partial charge in [-0.05, 0) is 87.6 Å². The van der Waals surface area contributed by atoms with Crippen molar-refractivity contribution < 1.29 is 27.9 Å². The van der Waals surface area contributed by atoms with Crippen LogP contribution in [0.1, 0.15) is 100 Å². The molecule has 0 aromatic heterocycles. The first-order valence-corrected chi connectivity index (χ1v) is 24.8. The first-order chi connectivity index (χ1) is 23.1. The van der Waals surface area contributed by atoms with Crippen LogP contribution in [0.3, 0.4) is 0 Å². The monoisotopic (exact) mass is 726 g/mol. The third-order valence-corrected chi connectivity index (χ3v) is 20.1. The minimum absolute atomic E-state index is 0.0278. The van der Waals surface area contributed by atoms with E-state index in [4.69, 9.17) is 23.1 Å². The molecule has 0 saturated heterocycles. The lowest BCUT2D eigenvalue weighted by Gasteiger charge is -2.40. The Bertz CT molecular complexity index is 1280. The quantitative estimate of drug-likeness (QED) is 0.148. The lowest BCUT2D eigenvalue weighted by molar-refractivity contribution is -0.146.